The Kier molecular flexibility index (Phi) is 4.43. The molecule has 2 heterocycles. The van der Waals surface area contributed by atoms with Gasteiger partial charge in [0, 0.05) is 22.7 Å². The summed E-state index contributed by atoms with van der Waals surface area (Å²) in [4.78, 5) is 8.50. The van der Waals surface area contributed by atoms with E-state index in [-0.39, 0.29) is 16.6 Å². The van der Waals surface area contributed by atoms with E-state index < -0.39 is 9.84 Å². The van der Waals surface area contributed by atoms with Crippen LogP contribution in [0, 0.1) is 5.92 Å². The van der Waals surface area contributed by atoms with Crippen LogP contribution in [0.4, 0.5) is 0 Å². The minimum absolute atomic E-state index is 0.00730. The zero-order chi connectivity index (χ0) is 14.0. The van der Waals surface area contributed by atoms with Crippen LogP contribution in [0.2, 0.25) is 0 Å². The topological polar surface area (TPSA) is 59.9 Å². The summed E-state index contributed by atoms with van der Waals surface area (Å²) in [7, 11) is -3.41. The van der Waals surface area contributed by atoms with Gasteiger partial charge in [-0.25, -0.2) is 8.42 Å². The number of fused-ring (bicyclic) bond motifs is 1. The number of hydrogen-bond acceptors (Lipinski definition) is 4. The quantitative estimate of drug-likeness (QED) is 0.783. The molecule has 0 aliphatic carbocycles. The maximum absolute atomic E-state index is 12.4. The van der Waals surface area contributed by atoms with Gasteiger partial charge in [0.1, 0.15) is 5.52 Å². The molecule has 4 nitrogen and oxygen atoms in total. The lowest BCUT2D eigenvalue weighted by Gasteiger charge is -2.10. The van der Waals surface area contributed by atoms with Gasteiger partial charge < -0.3 is 0 Å². The normalized spacial score (nSPS) is 13.6. The number of aromatic nitrogens is 2. The molecular formula is C12H12BrClN2O2S. The molecule has 0 amide bonds. The molecular weight excluding hydrogens is 352 g/mol. The third kappa shape index (κ3) is 3.24. The summed E-state index contributed by atoms with van der Waals surface area (Å²) in [6.45, 7) is 1.80. The highest BCUT2D eigenvalue weighted by Gasteiger charge is 2.21. The number of alkyl halides is 1. The van der Waals surface area contributed by atoms with Crippen molar-refractivity contribution in [3.8, 4) is 0 Å². The number of pyridine rings is 2. The number of halogens is 2. The van der Waals surface area contributed by atoms with Crippen LogP contribution in [0.5, 0.6) is 0 Å². The molecule has 1 atom stereocenters. The second-order valence-electron chi connectivity index (χ2n) is 4.37. The van der Waals surface area contributed by atoms with Crippen molar-refractivity contribution in [2.45, 2.75) is 11.8 Å². The van der Waals surface area contributed by atoms with Crippen LogP contribution in [-0.2, 0) is 9.84 Å². The fourth-order valence-corrected chi connectivity index (χ4v) is 4.07. The molecule has 0 aromatic carbocycles. The molecule has 19 heavy (non-hydrogen) atoms. The monoisotopic (exact) mass is 362 g/mol. The van der Waals surface area contributed by atoms with Crippen LogP contribution in [0.3, 0.4) is 0 Å². The van der Waals surface area contributed by atoms with Crippen molar-refractivity contribution >= 4 is 48.4 Å². The van der Waals surface area contributed by atoms with E-state index in [1.165, 1.54) is 12.3 Å². The Hall–Kier alpha value is -0.720. The van der Waals surface area contributed by atoms with Crippen molar-refractivity contribution in [2.75, 3.05) is 11.6 Å². The molecule has 0 saturated heterocycles. The zero-order valence-electron chi connectivity index (χ0n) is 10.2. The van der Waals surface area contributed by atoms with Gasteiger partial charge in [-0.3, -0.25) is 9.97 Å². The van der Waals surface area contributed by atoms with Gasteiger partial charge in [-0.2, -0.15) is 0 Å². The van der Waals surface area contributed by atoms with Gasteiger partial charge in [0.25, 0.3) is 0 Å². The minimum Gasteiger partial charge on any atom is -0.254 e. The molecule has 7 heteroatoms. The van der Waals surface area contributed by atoms with Crippen LogP contribution in [0.1, 0.15) is 6.92 Å². The van der Waals surface area contributed by atoms with Crippen molar-refractivity contribution < 1.29 is 8.42 Å². The standard InChI is InChI=1S/C12H12BrClN2O2S/c1-8(5-14)7-19(17,18)11-2-3-15-10-4-9(13)6-16-12(10)11/h2-4,6,8H,5,7H2,1H3. The van der Waals surface area contributed by atoms with Crippen LogP contribution in [0.25, 0.3) is 11.0 Å². The van der Waals surface area contributed by atoms with E-state index in [0.29, 0.717) is 16.9 Å². The first-order chi connectivity index (χ1) is 8.94. The highest BCUT2D eigenvalue weighted by atomic mass is 79.9. The Morgan fingerprint density at radius 2 is 2.16 bits per heavy atom. The van der Waals surface area contributed by atoms with Crippen molar-refractivity contribution in [1.29, 1.82) is 0 Å². The Morgan fingerprint density at radius 1 is 1.42 bits per heavy atom. The Morgan fingerprint density at radius 3 is 2.84 bits per heavy atom. The number of hydrogen-bond donors (Lipinski definition) is 0. The number of rotatable bonds is 4. The smallest absolute Gasteiger partial charge is 0.180 e. The van der Waals surface area contributed by atoms with Crippen molar-refractivity contribution in [2.24, 2.45) is 5.92 Å². The first-order valence-electron chi connectivity index (χ1n) is 5.63. The second-order valence-corrected chi connectivity index (χ2v) is 7.60. The van der Waals surface area contributed by atoms with Crippen molar-refractivity contribution in [1.82, 2.24) is 9.97 Å². The Labute approximate surface area is 125 Å². The zero-order valence-corrected chi connectivity index (χ0v) is 13.3. The predicted octanol–water partition coefficient (Wildman–Crippen LogP) is 3.04. The van der Waals surface area contributed by atoms with Gasteiger partial charge in [-0.05, 0) is 34.0 Å². The molecule has 0 bridgehead atoms. The molecule has 0 fully saturated rings. The molecule has 0 spiro atoms. The first-order valence-corrected chi connectivity index (χ1v) is 8.61. The molecule has 2 aromatic heterocycles. The lowest BCUT2D eigenvalue weighted by atomic mass is 10.3. The molecule has 2 rings (SSSR count). The molecule has 2 aromatic rings. The van der Waals surface area contributed by atoms with Crippen molar-refractivity contribution in [3.63, 3.8) is 0 Å². The molecule has 0 radical (unpaired) electrons. The maximum atomic E-state index is 12.4. The molecule has 0 aliphatic rings. The van der Waals surface area contributed by atoms with Gasteiger partial charge in [0.2, 0.25) is 0 Å². The molecule has 102 valence electrons. The van der Waals surface area contributed by atoms with Crippen LogP contribution in [-0.4, -0.2) is 30.0 Å². The van der Waals surface area contributed by atoms with Crippen LogP contribution < -0.4 is 0 Å². The highest BCUT2D eigenvalue weighted by molar-refractivity contribution is 9.10. The Balaban J connectivity index is 2.56. The summed E-state index contributed by atoms with van der Waals surface area (Å²) < 4.78 is 25.5. The van der Waals surface area contributed by atoms with E-state index in [1.54, 1.807) is 19.2 Å². The number of nitrogens with zero attached hydrogens (tertiary/aromatic N) is 2. The van der Waals surface area contributed by atoms with Crippen LogP contribution >= 0.6 is 27.5 Å². The molecule has 0 N–H and O–H groups in total. The fourth-order valence-electron chi connectivity index (χ4n) is 1.74. The summed E-state index contributed by atoms with van der Waals surface area (Å²) in [6, 6.07) is 3.23. The highest BCUT2D eigenvalue weighted by Crippen LogP contribution is 2.24. The summed E-state index contributed by atoms with van der Waals surface area (Å²) >= 11 is 8.98. The van der Waals surface area contributed by atoms with Crippen LogP contribution in [0.15, 0.2) is 33.9 Å². The average molecular weight is 364 g/mol. The van der Waals surface area contributed by atoms with E-state index in [9.17, 15) is 8.42 Å². The predicted molar refractivity (Wildman–Crippen MR) is 79.2 cm³/mol. The largest absolute Gasteiger partial charge is 0.254 e. The molecule has 0 aliphatic heterocycles. The third-order valence-corrected chi connectivity index (χ3v) is 5.58. The molecule has 0 saturated carbocycles. The SMILES string of the molecule is CC(CCl)CS(=O)(=O)c1ccnc2cc(Br)cnc12. The third-order valence-electron chi connectivity index (χ3n) is 2.61. The fraction of sp³-hybridized carbons (Fsp3) is 0.333. The molecule has 1 unspecified atom stereocenters. The van der Waals surface area contributed by atoms with Gasteiger partial charge in [-0.15, -0.1) is 11.6 Å². The number of sulfone groups is 1. The lowest BCUT2D eigenvalue weighted by molar-refractivity contribution is 0.584. The van der Waals surface area contributed by atoms with E-state index in [2.05, 4.69) is 25.9 Å². The van der Waals surface area contributed by atoms with Gasteiger partial charge in [0.15, 0.2) is 9.84 Å². The van der Waals surface area contributed by atoms with E-state index in [0.717, 1.165) is 4.47 Å². The van der Waals surface area contributed by atoms with E-state index in [4.69, 9.17) is 11.6 Å². The maximum Gasteiger partial charge on any atom is 0.180 e. The summed E-state index contributed by atoms with van der Waals surface area (Å²) in [5, 5.41) is 0. The Bertz CT molecular complexity index is 706. The van der Waals surface area contributed by atoms with E-state index in [1.807, 2.05) is 0 Å². The summed E-state index contributed by atoms with van der Waals surface area (Å²) in [6.07, 6.45) is 3.04. The first kappa shape index (κ1) is 14.7. The van der Waals surface area contributed by atoms with Gasteiger partial charge in [-0.1, -0.05) is 6.92 Å². The average Bonchev–Trinajstić information content (AvgIpc) is 2.37. The van der Waals surface area contributed by atoms with Gasteiger partial charge in [0.05, 0.1) is 16.2 Å². The second kappa shape index (κ2) is 5.73. The van der Waals surface area contributed by atoms with Gasteiger partial charge >= 0.3 is 0 Å². The van der Waals surface area contributed by atoms with Crippen molar-refractivity contribution in [3.05, 3.63) is 29.0 Å². The minimum atomic E-state index is -3.41. The lowest BCUT2D eigenvalue weighted by Crippen LogP contribution is -2.16. The summed E-state index contributed by atoms with van der Waals surface area (Å²) in [5.41, 5.74) is 0.946. The summed E-state index contributed by atoms with van der Waals surface area (Å²) in [5.74, 6) is 0.208. The van der Waals surface area contributed by atoms with E-state index >= 15 is 0 Å².